The summed E-state index contributed by atoms with van der Waals surface area (Å²) in [4.78, 5) is 2.43. The smallest absolute Gasteiger partial charge is 0.226 e. The highest BCUT2D eigenvalue weighted by atomic mass is 15.4. The van der Waals surface area contributed by atoms with Crippen LogP contribution in [0, 0.1) is 17.3 Å². The molecule has 1 aliphatic heterocycles. The number of nitrogens with zero attached hydrogens (tertiary/aromatic N) is 4. The average Bonchev–Trinajstić information content (AvgIpc) is 3.04. The molecule has 1 aromatic rings. The molecule has 0 amide bonds. The van der Waals surface area contributed by atoms with Gasteiger partial charge in [-0.1, -0.05) is 13.8 Å². The van der Waals surface area contributed by atoms with Crippen LogP contribution in [0.15, 0.2) is 0 Å². The van der Waals surface area contributed by atoms with Gasteiger partial charge in [0.25, 0.3) is 0 Å². The Morgan fingerprint density at radius 2 is 1.76 bits per heavy atom. The third-order valence-corrected chi connectivity index (χ3v) is 5.23. The lowest BCUT2D eigenvalue weighted by atomic mass is 10.1. The van der Waals surface area contributed by atoms with Crippen molar-refractivity contribution in [3.8, 4) is 0 Å². The third-order valence-electron chi connectivity index (χ3n) is 5.23. The highest BCUT2D eigenvalue weighted by Crippen LogP contribution is 2.62. The average molecular weight is 232 g/mol. The molecule has 2 atom stereocenters. The first kappa shape index (κ1) is 9.92. The van der Waals surface area contributed by atoms with E-state index in [1.807, 2.05) is 0 Å². The lowest BCUT2D eigenvalue weighted by molar-refractivity contribution is 0.494. The van der Waals surface area contributed by atoms with E-state index in [1.165, 1.54) is 31.8 Å². The second-order valence-electron chi connectivity index (χ2n) is 6.63. The van der Waals surface area contributed by atoms with E-state index >= 15 is 0 Å². The fourth-order valence-electron chi connectivity index (χ4n) is 3.60. The second-order valence-corrected chi connectivity index (χ2v) is 6.63. The molecule has 3 aliphatic rings. The Labute approximate surface area is 102 Å². The Kier molecular flexibility index (Phi) is 1.66. The van der Waals surface area contributed by atoms with Gasteiger partial charge in [0.05, 0.1) is 0 Å². The van der Waals surface area contributed by atoms with Crippen molar-refractivity contribution in [1.82, 2.24) is 14.8 Å². The number of anilines is 1. The number of hydrogen-bond acceptors (Lipinski definition) is 3. The fraction of sp³-hybridized carbons (Fsp3) is 0.846. The molecule has 0 spiro atoms. The fourth-order valence-corrected chi connectivity index (χ4v) is 3.60. The first-order valence-electron chi connectivity index (χ1n) is 6.73. The van der Waals surface area contributed by atoms with Crippen molar-refractivity contribution in [3.63, 3.8) is 0 Å². The zero-order chi connectivity index (χ0) is 11.8. The first-order chi connectivity index (χ1) is 8.09. The molecule has 0 radical (unpaired) electrons. The summed E-state index contributed by atoms with van der Waals surface area (Å²) in [6.45, 7) is 7.14. The molecule has 1 saturated heterocycles. The topological polar surface area (TPSA) is 34.0 Å². The molecule has 2 saturated carbocycles. The van der Waals surface area contributed by atoms with Crippen LogP contribution in [0.4, 0.5) is 5.95 Å². The van der Waals surface area contributed by atoms with Gasteiger partial charge in [-0.2, -0.15) is 0 Å². The number of rotatable bonds is 2. The maximum atomic E-state index is 4.40. The second kappa shape index (κ2) is 2.85. The van der Waals surface area contributed by atoms with E-state index in [4.69, 9.17) is 0 Å². The quantitative estimate of drug-likeness (QED) is 0.779. The van der Waals surface area contributed by atoms with Crippen LogP contribution in [-0.2, 0) is 7.05 Å². The highest BCUT2D eigenvalue weighted by molar-refractivity contribution is 5.38. The molecule has 4 rings (SSSR count). The van der Waals surface area contributed by atoms with Crippen molar-refractivity contribution < 1.29 is 0 Å². The highest BCUT2D eigenvalue weighted by Gasteiger charge is 2.62. The minimum absolute atomic E-state index is 0.578. The maximum absolute atomic E-state index is 4.40. The van der Waals surface area contributed by atoms with Crippen LogP contribution >= 0.6 is 0 Å². The molecule has 1 aromatic heterocycles. The normalized spacial score (nSPS) is 33.9. The molecule has 4 nitrogen and oxygen atoms in total. The van der Waals surface area contributed by atoms with E-state index in [-0.39, 0.29) is 0 Å². The van der Waals surface area contributed by atoms with Crippen LogP contribution in [0.2, 0.25) is 0 Å². The van der Waals surface area contributed by atoms with Crippen molar-refractivity contribution in [2.45, 2.75) is 32.6 Å². The van der Waals surface area contributed by atoms with Crippen molar-refractivity contribution >= 4 is 5.95 Å². The Morgan fingerprint density at radius 3 is 2.35 bits per heavy atom. The third kappa shape index (κ3) is 1.24. The Bertz CT molecular complexity index is 458. The maximum Gasteiger partial charge on any atom is 0.226 e. The minimum Gasteiger partial charge on any atom is -0.340 e. The molecular weight excluding hydrogens is 212 g/mol. The summed E-state index contributed by atoms with van der Waals surface area (Å²) < 4.78 is 2.22. The zero-order valence-corrected chi connectivity index (χ0v) is 10.8. The van der Waals surface area contributed by atoms with Gasteiger partial charge in [-0.25, -0.2) is 0 Å². The SMILES string of the molecule is Cn1c(C2CC2)nnc1N1CC2C(C1)C2(C)C. The number of hydrogen-bond donors (Lipinski definition) is 0. The monoisotopic (exact) mass is 232 g/mol. The summed E-state index contributed by atoms with van der Waals surface area (Å²) >= 11 is 0. The van der Waals surface area contributed by atoms with E-state index in [0.29, 0.717) is 11.3 Å². The largest absolute Gasteiger partial charge is 0.340 e. The van der Waals surface area contributed by atoms with Crippen LogP contribution < -0.4 is 4.90 Å². The van der Waals surface area contributed by atoms with E-state index in [2.05, 4.69) is 40.6 Å². The van der Waals surface area contributed by atoms with Gasteiger partial charge in [-0.15, -0.1) is 10.2 Å². The van der Waals surface area contributed by atoms with Gasteiger partial charge >= 0.3 is 0 Å². The van der Waals surface area contributed by atoms with Crippen molar-refractivity contribution in [1.29, 1.82) is 0 Å². The van der Waals surface area contributed by atoms with Crippen LogP contribution in [0.1, 0.15) is 38.4 Å². The molecule has 2 unspecified atom stereocenters. The molecule has 0 N–H and O–H groups in total. The summed E-state index contributed by atoms with van der Waals surface area (Å²) in [7, 11) is 2.12. The Balaban J connectivity index is 1.57. The van der Waals surface area contributed by atoms with Gasteiger partial charge in [-0.05, 0) is 30.1 Å². The van der Waals surface area contributed by atoms with E-state index in [1.54, 1.807) is 0 Å². The molecule has 3 fully saturated rings. The van der Waals surface area contributed by atoms with Crippen molar-refractivity contribution in [2.75, 3.05) is 18.0 Å². The lowest BCUT2D eigenvalue weighted by Crippen LogP contribution is -2.28. The molecule has 92 valence electrons. The standard InChI is InChI=1S/C13H20N4/c1-13(2)9-6-17(7-10(9)13)12-15-14-11(16(12)3)8-4-5-8/h8-10H,4-7H2,1-3H3. The van der Waals surface area contributed by atoms with Gasteiger partial charge in [0.15, 0.2) is 0 Å². The molecule has 0 bridgehead atoms. The van der Waals surface area contributed by atoms with Gasteiger partial charge in [0.2, 0.25) is 5.95 Å². The van der Waals surface area contributed by atoms with E-state index < -0.39 is 0 Å². The molecule has 2 heterocycles. The van der Waals surface area contributed by atoms with Gasteiger partial charge < -0.3 is 9.47 Å². The van der Waals surface area contributed by atoms with Crippen LogP contribution in [0.3, 0.4) is 0 Å². The van der Waals surface area contributed by atoms with Gasteiger partial charge in [0.1, 0.15) is 5.82 Å². The molecule has 0 aromatic carbocycles. The summed E-state index contributed by atoms with van der Waals surface area (Å²) in [5, 5.41) is 8.77. The predicted octanol–water partition coefficient (Wildman–Crippen LogP) is 1.78. The molecule has 4 heteroatoms. The first-order valence-corrected chi connectivity index (χ1v) is 6.73. The summed E-state index contributed by atoms with van der Waals surface area (Å²) in [5.41, 5.74) is 0.578. The summed E-state index contributed by atoms with van der Waals surface area (Å²) in [6, 6.07) is 0. The number of piperidine rings is 1. The van der Waals surface area contributed by atoms with Crippen molar-refractivity contribution in [3.05, 3.63) is 5.82 Å². The van der Waals surface area contributed by atoms with Crippen LogP contribution in [0.25, 0.3) is 0 Å². The van der Waals surface area contributed by atoms with Crippen molar-refractivity contribution in [2.24, 2.45) is 24.3 Å². The van der Waals surface area contributed by atoms with Crippen LogP contribution in [0.5, 0.6) is 0 Å². The Hall–Kier alpha value is -1.06. The van der Waals surface area contributed by atoms with E-state index in [9.17, 15) is 0 Å². The summed E-state index contributed by atoms with van der Waals surface area (Å²) in [6.07, 6.45) is 2.59. The Morgan fingerprint density at radius 1 is 1.12 bits per heavy atom. The molecule has 17 heavy (non-hydrogen) atoms. The zero-order valence-electron chi connectivity index (χ0n) is 10.8. The number of aromatic nitrogens is 3. The van der Waals surface area contributed by atoms with E-state index in [0.717, 1.165) is 17.8 Å². The molecular formula is C13H20N4. The molecule has 2 aliphatic carbocycles. The predicted molar refractivity (Wildman–Crippen MR) is 66.0 cm³/mol. The van der Waals surface area contributed by atoms with Crippen LogP contribution in [-0.4, -0.2) is 27.9 Å². The van der Waals surface area contributed by atoms with Gasteiger partial charge in [-0.3, -0.25) is 0 Å². The number of fused-ring (bicyclic) bond motifs is 1. The summed E-state index contributed by atoms with van der Waals surface area (Å²) in [5.74, 6) is 4.73. The van der Waals surface area contributed by atoms with Gasteiger partial charge in [0, 0.05) is 26.1 Å². The minimum atomic E-state index is 0.578. The lowest BCUT2D eigenvalue weighted by Gasteiger charge is -2.22.